The zero-order chi connectivity index (χ0) is 16.0. The summed E-state index contributed by atoms with van der Waals surface area (Å²) >= 11 is 1.35. The molecule has 1 atom stereocenters. The van der Waals surface area contributed by atoms with Gasteiger partial charge in [-0.05, 0) is 25.0 Å². The standard InChI is InChI=1S/C15H22N2O3S/c1-9(2)15(10(3)18)17-14(19)8-21-13-6-5-11(16)7-12(13)20-4/h5-7,9,15H,8,16H2,1-4H3,(H,17,19). The average Bonchev–Trinajstić information content (AvgIpc) is 2.42. The summed E-state index contributed by atoms with van der Waals surface area (Å²) in [5, 5.41) is 2.76. The maximum absolute atomic E-state index is 12.0. The van der Waals surface area contributed by atoms with Gasteiger partial charge in [-0.25, -0.2) is 0 Å². The number of benzene rings is 1. The molecule has 1 aromatic rings. The average molecular weight is 310 g/mol. The second kappa shape index (κ2) is 7.93. The van der Waals surface area contributed by atoms with Gasteiger partial charge in [0.2, 0.25) is 5.91 Å². The van der Waals surface area contributed by atoms with Gasteiger partial charge in [0.15, 0.2) is 5.78 Å². The molecule has 6 heteroatoms. The molecule has 0 heterocycles. The van der Waals surface area contributed by atoms with Crippen LogP contribution < -0.4 is 15.8 Å². The second-order valence-electron chi connectivity index (χ2n) is 5.10. The van der Waals surface area contributed by atoms with E-state index >= 15 is 0 Å². The van der Waals surface area contributed by atoms with E-state index in [1.165, 1.54) is 18.7 Å². The van der Waals surface area contributed by atoms with Crippen LogP contribution in [0.3, 0.4) is 0 Å². The molecule has 1 rings (SSSR count). The fourth-order valence-corrected chi connectivity index (χ4v) is 2.72. The van der Waals surface area contributed by atoms with Gasteiger partial charge in [0.1, 0.15) is 5.75 Å². The lowest BCUT2D eigenvalue weighted by Crippen LogP contribution is -2.44. The number of carbonyl (C=O) groups is 2. The third-order valence-electron chi connectivity index (χ3n) is 2.97. The summed E-state index contributed by atoms with van der Waals surface area (Å²) < 4.78 is 5.23. The van der Waals surface area contributed by atoms with Crippen molar-refractivity contribution in [1.82, 2.24) is 5.32 Å². The molecule has 21 heavy (non-hydrogen) atoms. The molecule has 0 aromatic heterocycles. The van der Waals surface area contributed by atoms with Gasteiger partial charge in [0, 0.05) is 16.6 Å². The van der Waals surface area contributed by atoms with E-state index in [9.17, 15) is 9.59 Å². The first-order chi connectivity index (χ1) is 9.85. The van der Waals surface area contributed by atoms with E-state index in [1.807, 2.05) is 19.9 Å². The normalized spacial score (nSPS) is 12.0. The van der Waals surface area contributed by atoms with E-state index in [0.717, 1.165) is 4.90 Å². The number of rotatable bonds is 7. The third kappa shape index (κ3) is 5.30. The van der Waals surface area contributed by atoms with E-state index in [1.54, 1.807) is 19.2 Å². The molecule has 3 N–H and O–H groups in total. The lowest BCUT2D eigenvalue weighted by Gasteiger charge is -2.19. The minimum absolute atomic E-state index is 0.0339. The monoisotopic (exact) mass is 310 g/mol. The SMILES string of the molecule is COc1cc(N)ccc1SCC(=O)NC(C(C)=O)C(C)C. The third-order valence-corrected chi connectivity index (χ3v) is 4.02. The van der Waals surface area contributed by atoms with Crippen molar-refractivity contribution in [3.05, 3.63) is 18.2 Å². The van der Waals surface area contributed by atoms with Crippen molar-refractivity contribution in [3.63, 3.8) is 0 Å². The molecule has 5 nitrogen and oxygen atoms in total. The lowest BCUT2D eigenvalue weighted by molar-refractivity contribution is -0.126. The van der Waals surface area contributed by atoms with Crippen molar-refractivity contribution in [2.75, 3.05) is 18.6 Å². The number of carbonyl (C=O) groups excluding carboxylic acids is 2. The van der Waals surface area contributed by atoms with Gasteiger partial charge in [0.05, 0.1) is 18.9 Å². The molecule has 0 saturated carbocycles. The molecule has 0 saturated heterocycles. The predicted octanol–water partition coefficient (Wildman–Crippen LogP) is 2.10. The van der Waals surface area contributed by atoms with Crippen LogP contribution in [-0.2, 0) is 9.59 Å². The summed E-state index contributed by atoms with van der Waals surface area (Å²) in [6.07, 6.45) is 0. The number of ether oxygens (including phenoxy) is 1. The molecule has 1 amide bonds. The minimum atomic E-state index is -0.439. The molecule has 1 unspecified atom stereocenters. The number of nitrogens with two attached hydrogens (primary N) is 1. The molecule has 0 radical (unpaired) electrons. The van der Waals surface area contributed by atoms with Crippen molar-refractivity contribution >= 4 is 29.1 Å². The molecule has 0 aliphatic carbocycles. The quantitative estimate of drug-likeness (QED) is 0.595. The topological polar surface area (TPSA) is 81.4 Å². The van der Waals surface area contributed by atoms with Crippen LogP contribution in [-0.4, -0.2) is 30.6 Å². The van der Waals surface area contributed by atoms with Gasteiger partial charge < -0.3 is 15.8 Å². The Bertz CT molecular complexity index is 518. The van der Waals surface area contributed by atoms with Gasteiger partial charge in [-0.15, -0.1) is 11.8 Å². The fourth-order valence-electron chi connectivity index (χ4n) is 1.90. The molecular weight excluding hydrogens is 288 g/mol. The summed E-state index contributed by atoms with van der Waals surface area (Å²) in [7, 11) is 1.56. The van der Waals surface area contributed by atoms with Crippen molar-refractivity contribution in [2.45, 2.75) is 31.7 Å². The van der Waals surface area contributed by atoms with E-state index in [2.05, 4.69) is 5.32 Å². The first kappa shape index (κ1) is 17.4. The van der Waals surface area contributed by atoms with Crippen molar-refractivity contribution in [1.29, 1.82) is 0 Å². The van der Waals surface area contributed by atoms with E-state index in [4.69, 9.17) is 10.5 Å². The summed E-state index contributed by atoms with van der Waals surface area (Å²) in [5.74, 6) is 0.722. The Balaban J connectivity index is 2.63. The first-order valence-corrected chi connectivity index (χ1v) is 7.69. The van der Waals surface area contributed by atoms with Crippen LogP contribution in [0.2, 0.25) is 0 Å². The number of nitrogen functional groups attached to an aromatic ring is 1. The highest BCUT2D eigenvalue weighted by molar-refractivity contribution is 8.00. The summed E-state index contributed by atoms with van der Waals surface area (Å²) in [6.45, 7) is 5.30. The number of anilines is 1. The first-order valence-electron chi connectivity index (χ1n) is 6.71. The molecule has 0 fully saturated rings. The van der Waals surface area contributed by atoms with Gasteiger partial charge in [0.25, 0.3) is 0 Å². The van der Waals surface area contributed by atoms with E-state index < -0.39 is 6.04 Å². The molecule has 1 aromatic carbocycles. The highest BCUT2D eigenvalue weighted by atomic mass is 32.2. The Hall–Kier alpha value is -1.69. The van der Waals surface area contributed by atoms with Crippen LogP contribution in [0.25, 0.3) is 0 Å². The summed E-state index contributed by atoms with van der Waals surface area (Å²) in [5.41, 5.74) is 6.29. The number of nitrogens with one attached hydrogen (secondary N) is 1. The zero-order valence-electron chi connectivity index (χ0n) is 12.8. The fraction of sp³-hybridized carbons (Fsp3) is 0.467. The van der Waals surface area contributed by atoms with Crippen LogP contribution >= 0.6 is 11.8 Å². The van der Waals surface area contributed by atoms with Crippen LogP contribution in [0.15, 0.2) is 23.1 Å². The second-order valence-corrected chi connectivity index (χ2v) is 6.12. The number of ketones is 1. The van der Waals surface area contributed by atoms with Crippen molar-refractivity contribution < 1.29 is 14.3 Å². The van der Waals surface area contributed by atoms with Crippen LogP contribution in [0, 0.1) is 5.92 Å². The van der Waals surface area contributed by atoms with Gasteiger partial charge in [-0.1, -0.05) is 13.8 Å². The predicted molar refractivity (Wildman–Crippen MR) is 85.6 cm³/mol. The van der Waals surface area contributed by atoms with Gasteiger partial charge >= 0.3 is 0 Å². The maximum Gasteiger partial charge on any atom is 0.230 e. The van der Waals surface area contributed by atoms with Crippen molar-refractivity contribution in [3.8, 4) is 5.75 Å². The Kier molecular flexibility index (Phi) is 6.55. The number of hydrogen-bond acceptors (Lipinski definition) is 5. The molecule has 116 valence electrons. The summed E-state index contributed by atoms with van der Waals surface area (Å²) in [6, 6.07) is 4.85. The van der Waals surface area contributed by atoms with E-state index in [0.29, 0.717) is 11.4 Å². The zero-order valence-corrected chi connectivity index (χ0v) is 13.6. The Morgan fingerprint density at radius 3 is 2.57 bits per heavy atom. The van der Waals surface area contributed by atoms with Crippen LogP contribution in [0.4, 0.5) is 5.69 Å². The smallest absolute Gasteiger partial charge is 0.230 e. The Morgan fingerprint density at radius 1 is 1.38 bits per heavy atom. The van der Waals surface area contributed by atoms with Crippen LogP contribution in [0.1, 0.15) is 20.8 Å². The van der Waals surface area contributed by atoms with Crippen LogP contribution in [0.5, 0.6) is 5.75 Å². The molecule has 0 bridgehead atoms. The molecule has 0 spiro atoms. The molecule has 0 aliphatic heterocycles. The number of thioether (sulfide) groups is 1. The molecular formula is C15H22N2O3S. The lowest BCUT2D eigenvalue weighted by atomic mass is 10.0. The number of hydrogen-bond donors (Lipinski definition) is 2. The summed E-state index contributed by atoms with van der Waals surface area (Å²) in [4.78, 5) is 24.3. The number of Topliss-reactive ketones (excluding diaryl/α,β-unsaturated/α-hetero) is 1. The number of methoxy groups -OCH3 is 1. The Morgan fingerprint density at radius 2 is 2.05 bits per heavy atom. The molecule has 0 aliphatic rings. The van der Waals surface area contributed by atoms with Gasteiger partial charge in [-0.3, -0.25) is 9.59 Å². The highest BCUT2D eigenvalue weighted by Gasteiger charge is 2.20. The van der Waals surface area contributed by atoms with E-state index in [-0.39, 0.29) is 23.4 Å². The Labute approximate surface area is 129 Å². The highest BCUT2D eigenvalue weighted by Crippen LogP contribution is 2.30. The van der Waals surface area contributed by atoms with Gasteiger partial charge in [-0.2, -0.15) is 0 Å². The maximum atomic E-state index is 12.0. The van der Waals surface area contributed by atoms with Crippen molar-refractivity contribution in [2.24, 2.45) is 5.92 Å². The number of amides is 1. The largest absolute Gasteiger partial charge is 0.496 e. The minimum Gasteiger partial charge on any atom is -0.496 e.